The third-order valence-corrected chi connectivity index (χ3v) is 6.04. The van der Waals surface area contributed by atoms with Gasteiger partial charge in [0.25, 0.3) is 20.2 Å². The number of rotatable bonds is 8. The molecule has 0 amide bonds. The average Bonchev–Trinajstić information content (AvgIpc) is 2.59. The van der Waals surface area contributed by atoms with Crippen molar-refractivity contribution in [1.29, 1.82) is 0 Å². The van der Waals surface area contributed by atoms with Gasteiger partial charge in [-0.15, -0.1) is 0 Å². The molecule has 0 heterocycles. The van der Waals surface area contributed by atoms with Crippen molar-refractivity contribution >= 4 is 20.2 Å². The molecular formula is C17H20O7S2. The summed E-state index contributed by atoms with van der Waals surface area (Å²) in [7, 11) is -8.10. The van der Waals surface area contributed by atoms with Gasteiger partial charge in [-0.05, 0) is 38.1 Å². The predicted molar refractivity (Wildman–Crippen MR) is 94.6 cm³/mol. The molecule has 0 atom stereocenters. The Morgan fingerprint density at radius 3 is 1.35 bits per heavy atom. The molecule has 26 heavy (non-hydrogen) atoms. The normalized spacial score (nSPS) is 12.5. The molecule has 0 fully saturated rings. The van der Waals surface area contributed by atoms with E-state index in [9.17, 15) is 21.9 Å². The van der Waals surface area contributed by atoms with Crippen molar-refractivity contribution in [3.63, 3.8) is 0 Å². The van der Waals surface area contributed by atoms with Crippen molar-refractivity contribution in [2.24, 2.45) is 0 Å². The van der Waals surface area contributed by atoms with E-state index in [1.165, 1.54) is 24.3 Å². The zero-order valence-electron chi connectivity index (χ0n) is 14.3. The Balaban J connectivity index is 1.91. The first-order valence-electron chi connectivity index (χ1n) is 7.70. The van der Waals surface area contributed by atoms with Crippen molar-refractivity contribution in [1.82, 2.24) is 0 Å². The minimum Gasteiger partial charge on any atom is -0.388 e. The molecular weight excluding hydrogens is 380 g/mol. The third kappa shape index (κ3) is 5.61. The van der Waals surface area contributed by atoms with E-state index in [0.717, 1.165) is 11.1 Å². The summed E-state index contributed by atoms with van der Waals surface area (Å²) < 4.78 is 57.5. The van der Waals surface area contributed by atoms with E-state index in [4.69, 9.17) is 8.37 Å². The molecule has 0 aromatic heterocycles. The van der Waals surface area contributed by atoms with Crippen LogP contribution in [0.1, 0.15) is 11.1 Å². The lowest BCUT2D eigenvalue weighted by molar-refractivity contribution is 0.0671. The average molecular weight is 400 g/mol. The molecule has 0 aliphatic rings. The van der Waals surface area contributed by atoms with Crippen LogP contribution in [0.3, 0.4) is 0 Å². The third-order valence-electron chi connectivity index (χ3n) is 3.45. The lowest BCUT2D eigenvalue weighted by Crippen LogP contribution is -2.25. The van der Waals surface area contributed by atoms with Crippen LogP contribution in [0.4, 0.5) is 0 Å². The van der Waals surface area contributed by atoms with Crippen LogP contribution in [-0.2, 0) is 28.6 Å². The molecule has 1 N–H and O–H groups in total. The van der Waals surface area contributed by atoms with Crippen LogP contribution >= 0.6 is 0 Å². The lowest BCUT2D eigenvalue weighted by atomic mass is 10.2. The van der Waals surface area contributed by atoms with Gasteiger partial charge in [-0.1, -0.05) is 35.4 Å². The van der Waals surface area contributed by atoms with Gasteiger partial charge in [0.1, 0.15) is 6.10 Å². The SMILES string of the molecule is Cc1ccc(S(=O)(=O)OCC(O)COS(=O)(=O)c2ccc(C)cc2)cc1. The summed E-state index contributed by atoms with van der Waals surface area (Å²) in [5.41, 5.74) is 1.78. The fourth-order valence-electron chi connectivity index (χ4n) is 1.93. The summed E-state index contributed by atoms with van der Waals surface area (Å²) in [6, 6.07) is 12.0. The standard InChI is InChI=1S/C17H20O7S2/c1-13-3-7-16(8-4-13)25(19,20)23-11-15(18)12-24-26(21,22)17-9-5-14(2)6-10-17/h3-10,15,18H,11-12H2,1-2H3. The van der Waals surface area contributed by atoms with Gasteiger partial charge in [0, 0.05) is 0 Å². The maximum absolute atomic E-state index is 12.0. The van der Waals surface area contributed by atoms with E-state index in [1.54, 1.807) is 24.3 Å². The lowest BCUT2D eigenvalue weighted by Gasteiger charge is -2.12. The molecule has 0 radical (unpaired) electrons. The summed E-state index contributed by atoms with van der Waals surface area (Å²) in [4.78, 5) is -0.105. The molecule has 9 heteroatoms. The summed E-state index contributed by atoms with van der Waals surface area (Å²) in [5.74, 6) is 0. The van der Waals surface area contributed by atoms with Gasteiger partial charge in [0.05, 0.1) is 23.0 Å². The van der Waals surface area contributed by atoms with Crippen LogP contribution in [0.5, 0.6) is 0 Å². The summed E-state index contributed by atoms with van der Waals surface area (Å²) in [6.45, 7) is 2.37. The molecule has 2 rings (SSSR count). The summed E-state index contributed by atoms with van der Waals surface area (Å²) >= 11 is 0. The smallest absolute Gasteiger partial charge is 0.297 e. The van der Waals surface area contributed by atoms with E-state index in [0.29, 0.717) is 0 Å². The van der Waals surface area contributed by atoms with Crippen molar-refractivity contribution in [3.05, 3.63) is 59.7 Å². The second kappa shape index (κ2) is 8.28. The second-order valence-electron chi connectivity index (χ2n) is 5.76. The number of aliphatic hydroxyl groups is 1. The molecule has 0 bridgehead atoms. The molecule has 0 aliphatic carbocycles. The first-order chi connectivity index (χ1) is 12.1. The van der Waals surface area contributed by atoms with Gasteiger partial charge < -0.3 is 5.11 Å². The van der Waals surface area contributed by atoms with Gasteiger partial charge in [-0.25, -0.2) is 0 Å². The van der Waals surface area contributed by atoms with Crippen molar-refractivity contribution in [2.75, 3.05) is 13.2 Å². The number of aryl methyl sites for hydroxylation is 2. The largest absolute Gasteiger partial charge is 0.388 e. The Labute approximate surface area is 153 Å². The van der Waals surface area contributed by atoms with Crippen LogP contribution in [-0.4, -0.2) is 41.3 Å². The Bertz CT molecular complexity index is 852. The first-order valence-corrected chi connectivity index (χ1v) is 10.5. The Morgan fingerprint density at radius 2 is 1.04 bits per heavy atom. The summed E-state index contributed by atoms with van der Waals surface area (Å²) in [6.07, 6.45) is -1.43. The van der Waals surface area contributed by atoms with E-state index < -0.39 is 39.6 Å². The number of hydrogen-bond acceptors (Lipinski definition) is 7. The van der Waals surface area contributed by atoms with Crippen LogP contribution in [0.25, 0.3) is 0 Å². The fourth-order valence-corrected chi connectivity index (χ4v) is 3.81. The van der Waals surface area contributed by atoms with Gasteiger partial charge >= 0.3 is 0 Å². The Hall–Kier alpha value is -1.78. The Kier molecular flexibility index (Phi) is 6.53. The van der Waals surface area contributed by atoms with E-state index in [-0.39, 0.29) is 9.79 Å². The second-order valence-corrected chi connectivity index (χ2v) is 8.99. The molecule has 0 spiro atoms. The van der Waals surface area contributed by atoms with Crippen molar-refractivity contribution in [2.45, 2.75) is 29.7 Å². The highest BCUT2D eigenvalue weighted by Gasteiger charge is 2.20. The number of hydrogen-bond donors (Lipinski definition) is 1. The van der Waals surface area contributed by atoms with Gasteiger partial charge in [-0.2, -0.15) is 16.8 Å². The molecule has 0 saturated heterocycles. The van der Waals surface area contributed by atoms with Gasteiger partial charge in [0.15, 0.2) is 0 Å². The van der Waals surface area contributed by atoms with Crippen LogP contribution in [0.15, 0.2) is 58.3 Å². The quantitative estimate of drug-likeness (QED) is 0.673. The molecule has 142 valence electrons. The highest BCUT2D eigenvalue weighted by Crippen LogP contribution is 2.15. The van der Waals surface area contributed by atoms with E-state index in [2.05, 4.69) is 0 Å². The molecule has 2 aromatic carbocycles. The van der Waals surface area contributed by atoms with Gasteiger partial charge in [-0.3, -0.25) is 8.37 Å². The van der Waals surface area contributed by atoms with E-state index >= 15 is 0 Å². The molecule has 0 aliphatic heterocycles. The van der Waals surface area contributed by atoms with Crippen LogP contribution < -0.4 is 0 Å². The molecule has 0 unspecified atom stereocenters. The topological polar surface area (TPSA) is 107 Å². The molecule has 2 aromatic rings. The monoisotopic (exact) mass is 400 g/mol. The predicted octanol–water partition coefficient (Wildman–Crippen LogP) is 1.78. The van der Waals surface area contributed by atoms with Gasteiger partial charge in [0.2, 0.25) is 0 Å². The molecule has 7 nitrogen and oxygen atoms in total. The zero-order chi connectivity index (χ0) is 19.4. The van der Waals surface area contributed by atoms with Crippen molar-refractivity contribution in [3.8, 4) is 0 Å². The van der Waals surface area contributed by atoms with Crippen LogP contribution in [0.2, 0.25) is 0 Å². The summed E-state index contributed by atoms with van der Waals surface area (Å²) in [5, 5.41) is 9.78. The maximum Gasteiger partial charge on any atom is 0.297 e. The number of benzene rings is 2. The highest BCUT2D eigenvalue weighted by molar-refractivity contribution is 7.87. The van der Waals surface area contributed by atoms with E-state index in [1.807, 2.05) is 13.8 Å². The first kappa shape index (κ1) is 20.5. The number of aliphatic hydroxyl groups excluding tert-OH is 1. The maximum atomic E-state index is 12.0. The zero-order valence-corrected chi connectivity index (χ0v) is 16.0. The van der Waals surface area contributed by atoms with Crippen molar-refractivity contribution < 1.29 is 30.3 Å². The Morgan fingerprint density at radius 1 is 0.731 bits per heavy atom. The fraction of sp³-hybridized carbons (Fsp3) is 0.294. The molecule has 0 saturated carbocycles. The minimum atomic E-state index is -4.05. The highest BCUT2D eigenvalue weighted by atomic mass is 32.2. The minimum absolute atomic E-state index is 0.0523. The van der Waals surface area contributed by atoms with Crippen LogP contribution in [0, 0.1) is 13.8 Å².